The zero-order valence-electron chi connectivity index (χ0n) is 18.9. The lowest BCUT2D eigenvalue weighted by molar-refractivity contribution is -0.286. The Hall–Kier alpha value is -3.34. The van der Waals surface area contributed by atoms with Crippen molar-refractivity contribution < 1.29 is 41.7 Å². The Morgan fingerprint density at radius 3 is 2.39 bits per heavy atom. The van der Waals surface area contributed by atoms with Gasteiger partial charge in [0, 0.05) is 28.8 Å². The van der Waals surface area contributed by atoms with Crippen molar-refractivity contribution in [3.63, 3.8) is 0 Å². The molecule has 2 aromatic rings. The van der Waals surface area contributed by atoms with Crippen molar-refractivity contribution >= 4 is 23.4 Å². The minimum atomic E-state index is -3.77. The molecule has 12 heteroatoms. The second-order valence-electron chi connectivity index (χ2n) is 10.0. The predicted molar refractivity (Wildman–Crippen MR) is 118 cm³/mol. The molecule has 0 saturated heterocycles. The lowest BCUT2D eigenvalue weighted by atomic mass is 9.44. The van der Waals surface area contributed by atoms with Crippen LogP contribution in [0.2, 0.25) is 5.02 Å². The average Bonchev–Trinajstić information content (AvgIpc) is 3.25. The fourth-order valence-electron chi connectivity index (χ4n) is 5.50. The third-order valence-corrected chi connectivity index (χ3v) is 7.50. The minimum Gasteiger partial charge on any atom is -0.492 e. The number of nitrogens with one attached hydrogen (secondary N) is 2. The van der Waals surface area contributed by atoms with Crippen LogP contribution in [0.5, 0.6) is 23.0 Å². The van der Waals surface area contributed by atoms with Gasteiger partial charge in [0.05, 0.1) is 5.02 Å². The topological polar surface area (TPSA) is 95.1 Å². The number of hydrogen-bond acceptors (Lipinski definition) is 6. The highest BCUT2D eigenvalue weighted by atomic mass is 35.5. The van der Waals surface area contributed by atoms with E-state index in [-0.39, 0.29) is 53.0 Å². The fraction of sp³-hybridized carbons (Fsp3) is 0.417. The first-order valence-corrected chi connectivity index (χ1v) is 11.6. The molecule has 7 rings (SSSR count). The van der Waals surface area contributed by atoms with Gasteiger partial charge in [-0.15, -0.1) is 8.78 Å². The van der Waals surface area contributed by atoms with Crippen LogP contribution in [0.25, 0.3) is 0 Å². The summed E-state index contributed by atoms with van der Waals surface area (Å²) >= 11 is 5.63. The highest BCUT2D eigenvalue weighted by molar-refractivity contribution is 6.30. The summed E-state index contributed by atoms with van der Waals surface area (Å²) in [5.74, 6) is -1.13. The van der Waals surface area contributed by atoms with Gasteiger partial charge in [0.25, 0.3) is 5.91 Å². The Morgan fingerprint density at radius 2 is 1.69 bits per heavy atom. The quantitative estimate of drug-likeness (QED) is 0.601. The standard InChI is InChI=1S/C24H20ClF3N2O6/c1-21(11-34-16-6-18-17(5-13(16)21)35-24(27,28)36-18)20(32)30-23-8-22(9-23,10-23)29-19(31)7-33-12-2-3-14(25)15(26)4-12/h2-6H,7-11H2,1H3,(H,29,31)(H,30,32)/t21-,22?,23?/m0/s1. The number of hydrogen-bond donors (Lipinski definition) is 2. The van der Waals surface area contributed by atoms with E-state index in [0.717, 1.165) is 6.07 Å². The lowest BCUT2D eigenvalue weighted by Crippen LogP contribution is -2.84. The summed E-state index contributed by atoms with van der Waals surface area (Å²) in [6, 6.07) is 6.57. The van der Waals surface area contributed by atoms with Crippen molar-refractivity contribution in [3.05, 3.63) is 46.7 Å². The van der Waals surface area contributed by atoms with Crippen LogP contribution in [0.1, 0.15) is 31.7 Å². The monoisotopic (exact) mass is 524 g/mol. The van der Waals surface area contributed by atoms with Crippen molar-refractivity contribution in [2.75, 3.05) is 13.2 Å². The Labute approximate surface area is 208 Å². The maximum absolute atomic E-state index is 13.5. The molecule has 2 aromatic carbocycles. The second-order valence-corrected chi connectivity index (χ2v) is 10.4. The SMILES string of the molecule is C[C@]1(C(=O)NC23CC(NC(=O)COc4ccc(Cl)c(F)c4)(C2)C3)COc2cc3c(cc21)OC(F)(F)O3. The average molecular weight is 525 g/mol. The molecule has 2 aliphatic heterocycles. The normalized spacial score (nSPS) is 29.8. The molecule has 0 spiro atoms. The van der Waals surface area contributed by atoms with E-state index in [4.69, 9.17) is 21.1 Å². The van der Waals surface area contributed by atoms with Gasteiger partial charge in [0.2, 0.25) is 5.91 Å². The van der Waals surface area contributed by atoms with Gasteiger partial charge in [-0.25, -0.2) is 4.39 Å². The molecule has 0 radical (unpaired) electrons. The van der Waals surface area contributed by atoms with Gasteiger partial charge in [-0.05, 0) is 44.4 Å². The van der Waals surface area contributed by atoms with Gasteiger partial charge >= 0.3 is 6.29 Å². The van der Waals surface area contributed by atoms with Crippen LogP contribution in [0.4, 0.5) is 13.2 Å². The number of amides is 2. The van der Waals surface area contributed by atoms with E-state index >= 15 is 0 Å². The molecule has 8 nitrogen and oxygen atoms in total. The summed E-state index contributed by atoms with van der Waals surface area (Å²) in [7, 11) is 0. The molecule has 3 fully saturated rings. The maximum Gasteiger partial charge on any atom is 0.586 e. The summed E-state index contributed by atoms with van der Waals surface area (Å²) in [6.45, 7) is 1.42. The number of carbonyl (C=O) groups is 2. The lowest BCUT2D eigenvalue weighted by Gasteiger charge is -2.70. The van der Waals surface area contributed by atoms with Crippen LogP contribution < -0.4 is 29.6 Å². The molecule has 36 heavy (non-hydrogen) atoms. The summed E-state index contributed by atoms with van der Waals surface area (Å²) in [5, 5.41) is 5.94. The van der Waals surface area contributed by atoms with E-state index in [2.05, 4.69) is 20.1 Å². The van der Waals surface area contributed by atoms with Crippen LogP contribution in [-0.2, 0) is 15.0 Å². The maximum atomic E-state index is 13.5. The zero-order valence-corrected chi connectivity index (χ0v) is 19.6. The molecular weight excluding hydrogens is 505 g/mol. The first kappa shape index (κ1) is 23.1. The summed E-state index contributed by atoms with van der Waals surface area (Å²) in [6.07, 6.45) is -2.13. The van der Waals surface area contributed by atoms with Crippen molar-refractivity contribution in [1.29, 1.82) is 0 Å². The van der Waals surface area contributed by atoms with E-state index in [9.17, 15) is 22.8 Å². The molecule has 2 heterocycles. The van der Waals surface area contributed by atoms with Gasteiger partial charge in [-0.1, -0.05) is 11.6 Å². The number of rotatable bonds is 6. The van der Waals surface area contributed by atoms with Gasteiger partial charge in [0.1, 0.15) is 29.3 Å². The van der Waals surface area contributed by atoms with Crippen molar-refractivity contribution in [2.24, 2.45) is 0 Å². The van der Waals surface area contributed by atoms with Crippen LogP contribution in [0.15, 0.2) is 30.3 Å². The molecule has 1 atom stereocenters. The number of carbonyl (C=O) groups excluding carboxylic acids is 2. The predicted octanol–water partition coefficient (Wildman–Crippen LogP) is 3.44. The summed E-state index contributed by atoms with van der Waals surface area (Å²) in [5.41, 5.74) is -1.56. The Bertz CT molecular complexity index is 1300. The minimum absolute atomic E-state index is 0.0358. The second kappa shape index (κ2) is 7.34. The van der Waals surface area contributed by atoms with Gasteiger partial charge in [-0.2, -0.15) is 0 Å². The number of halogens is 4. The van der Waals surface area contributed by atoms with Crippen molar-refractivity contribution in [1.82, 2.24) is 10.6 Å². The molecule has 2 amide bonds. The van der Waals surface area contributed by atoms with Crippen molar-refractivity contribution in [3.8, 4) is 23.0 Å². The Kier molecular flexibility index (Phi) is 4.71. The molecule has 0 unspecified atom stereocenters. The molecule has 3 aliphatic carbocycles. The molecule has 5 aliphatic rings. The third kappa shape index (κ3) is 3.59. The summed E-state index contributed by atoms with van der Waals surface area (Å²) in [4.78, 5) is 25.6. The molecule has 2 bridgehead atoms. The number of alkyl halides is 2. The smallest absolute Gasteiger partial charge is 0.492 e. The first-order valence-electron chi connectivity index (χ1n) is 11.2. The van der Waals surface area contributed by atoms with Crippen molar-refractivity contribution in [2.45, 2.75) is 49.0 Å². The fourth-order valence-corrected chi connectivity index (χ4v) is 5.61. The van der Waals surface area contributed by atoms with Crippen LogP contribution >= 0.6 is 11.6 Å². The number of fused-ring (bicyclic) bond motifs is 2. The highest BCUT2D eigenvalue weighted by Gasteiger charge is 2.70. The summed E-state index contributed by atoms with van der Waals surface area (Å²) < 4.78 is 60.3. The van der Waals surface area contributed by atoms with Gasteiger partial charge in [0.15, 0.2) is 18.1 Å². The number of ether oxygens (including phenoxy) is 4. The molecule has 0 aromatic heterocycles. The molecule has 2 N–H and O–H groups in total. The molecule has 190 valence electrons. The third-order valence-electron chi connectivity index (χ3n) is 7.19. The zero-order chi connectivity index (χ0) is 25.5. The van der Waals surface area contributed by atoms with E-state index in [0.29, 0.717) is 24.8 Å². The van der Waals surface area contributed by atoms with E-state index in [1.807, 2.05) is 0 Å². The first-order chi connectivity index (χ1) is 16.9. The van der Waals surface area contributed by atoms with Crippen LogP contribution in [-0.4, -0.2) is 42.4 Å². The van der Waals surface area contributed by atoms with E-state index in [1.54, 1.807) is 6.92 Å². The Morgan fingerprint density at radius 1 is 1.03 bits per heavy atom. The van der Waals surface area contributed by atoms with Crippen LogP contribution in [0, 0.1) is 5.82 Å². The van der Waals surface area contributed by atoms with Gasteiger partial charge in [-0.3, -0.25) is 9.59 Å². The number of benzene rings is 2. The molecular formula is C24H20ClF3N2O6. The Balaban J connectivity index is 1.04. The van der Waals surface area contributed by atoms with E-state index in [1.165, 1.54) is 24.3 Å². The van der Waals surface area contributed by atoms with E-state index < -0.39 is 28.6 Å². The van der Waals surface area contributed by atoms with Crippen LogP contribution in [0.3, 0.4) is 0 Å². The van der Waals surface area contributed by atoms with Gasteiger partial charge < -0.3 is 29.6 Å². The molecule has 3 saturated carbocycles. The highest BCUT2D eigenvalue weighted by Crippen LogP contribution is 2.61. The largest absolute Gasteiger partial charge is 0.586 e.